The van der Waals surface area contributed by atoms with Gasteiger partial charge in [0, 0.05) is 5.69 Å². The maximum Gasteiger partial charge on any atom is 0.420 e. The van der Waals surface area contributed by atoms with Crippen molar-refractivity contribution in [2.24, 2.45) is 0 Å². The van der Waals surface area contributed by atoms with Gasteiger partial charge in [-0.15, -0.1) is 0 Å². The van der Waals surface area contributed by atoms with E-state index in [2.05, 4.69) is 0 Å². The van der Waals surface area contributed by atoms with Crippen LogP contribution in [0.5, 0.6) is 0 Å². The highest BCUT2D eigenvalue weighted by Crippen LogP contribution is 2.16. The van der Waals surface area contributed by atoms with Crippen LogP contribution in [0, 0.1) is 6.92 Å². The quantitative estimate of drug-likeness (QED) is 0.715. The number of aromatic nitrogens is 1. The van der Waals surface area contributed by atoms with Crippen LogP contribution in [0.1, 0.15) is 11.1 Å². The highest BCUT2D eigenvalue weighted by atomic mass is 16.4. The predicted octanol–water partition coefficient (Wildman–Crippen LogP) is 2.53. The molecule has 0 atom stereocenters. The molecule has 0 bridgehead atoms. The Bertz CT molecular complexity index is 782. The van der Waals surface area contributed by atoms with Crippen molar-refractivity contribution in [3.63, 3.8) is 0 Å². The molecule has 0 aliphatic heterocycles. The zero-order valence-corrected chi connectivity index (χ0v) is 10.6. The number of anilines is 1. The Hall–Kier alpha value is -2.49. The van der Waals surface area contributed by atoms with Crippen LogP contribution in [-0.2, 0) is 6.54 Å². The largest absolute Gasteiger partial charge is 0.420 e. The van der Waals surface area contributed by atoms with Crippen molar-refractivity contribution in [3.8, 4) is 0 Å². The fourth-order valence-electron chi connectivity index (χ4n) is 2.13. The Morgan fingerprint density at radius 3 is 2.63 bits per heavy atom. The molecule has 96 valence electrons. The van der Waals surface area contributed by atoms with Gasteiger partial charge in [-0.05, 0) is 42.3 Å². The van der Waals surface area contributed by atoms with Crippen LogP contribution in [0.2, 0.25) is 0 Å². The molecule has 0 spiro atoms. The molecule has 4 heteroatoms. The topological polar surface area (TPSA) is 61.2 Å². The molecule has 0 unspecified atom stereocenters. The van der Waals surface area contributed by atoms with Gasteiger partial charge in [-0.2, -0.15) is 0 Å². The number of hydrogen-bond acceptors (Lipinski definition) is 3. The minimum atomic E-state index is -0.336. The summed E-state index contributed by atoms with van der Waals surface area (Å²) in [7, 11) is 0. The maximum absolute atomic E-state index is 11.9. The third-order valence-corrected chi connectivity index (χ3v) is 3.14. The fraction of sp³-hybridized carbons (Fsp3) is 0.133. The molecular weight excluding hydrogens is 240 g/mol. The van der Waals surface area contributed by atoms with Gasteiger partial charge in [-0.25, -0.2) is 4.79 Å². The van der Waals surface area contributed by atoms with E-state index in [4.69, 9.17) is 10.2 Å². The molecule has 0 saturated heterocycles. The highest BCUT2D eigenvalue weighted by Gasteiger charge is 2.09. The number of nitrogens with zero attached hydrogens (tertiary/aromatic N) is 1. The predicted molar refractivity (Wildman–Crippen MR) is 75.2 cm³/mol. The molecule has 0 aliphatic rings. The number of nitrogens with two attached hydrogens (primary N) is 1. The molecule has 0 radical (unpaired) electrons. The van der Waals surface area contributed by atoms with Gasteiger partial charge >= 0.3 is 5.76 Å². The molecule has 1 heterocycles. The monoisotopic (exact) mass is 254 g/mol. The van der Waals surface area contributed by atoms with Crippen molar-refractivity contribution >= 4 is 16.8 Å². The molecule has 2 aromatic carbocycles. The highest BCUT2D eigenvalue weighted by molar-refractivity contribution is 5.73. The van der Waals surface area contributed by atoms with E-state index in [1.807, 2.05) is 49.4 Å². The second kappa shape index (κ2) is 4.31. The minimum absolute atomic E-state index is 0.336. The molecule has 0 fully saturated rings. The first-order valence-electron chi connectivity index (χ1n) is 6.08. The molecular formula is C15H14N2O2. The first kappa shape index (κ1) is 11.6. The molecule has 1 aromatic heterocycles. The van der Waals surface area contributed by atoms with Crippen LogP contribution in [0.4, 0.5) is 5.69 Å². The normalized spacial score (nSPS) is 11.0. The number of oxazole rings is 1. The summed E-state index contributed by atoms with van der Waals surface area (Å²) in [6.45, 7) is 2.47. The lowest BCUT2D eigenvalue weighted by Gasteiger charge is -2.03. The Morgan fingerprint density at radius 1 is 1.16 bits per heavy atom. The average Bonchev–Trinajstić information content (AvgIpc) is 2.69. The number of fused-ring (bicyclic) bond motifs is 1. The van der Waals surface area contributed by atoms with Crippen LogP contribution in [0.3, 0.4) is 0 Å². The number of rotatable bonds is 2. The van der Waals surface area contributed by atoms with Crippen LogP contribution in [0.15, 0.2) is 51.7 Å². The molecule has 3 aromatic rings. The van der Waals surface area contributed by atoms with Gasteiger partial charge in [0.15, 0.2) is 5.58 Å². The molecule has 19 heavy (non-hydrogen) atoms. The van der Waals surface area contributed by atoms with Gasteiger partial charge in [0.1, 0.15) is 0 Å². The van der Waals surface area contributed by atoms with E-state index in [-0.39, 0.29) is 5.76 Å². The zero-order valence-electron chi connectivity index (χ0n) is 10.6. The summed E-state index contributed by atoms with van der Waals surface area (Å²) in [6.07, 6.45) is 0. The van der Waals surface area contributed by atoms with Gasteiger partial charge in [0.25, 0.3) is 0 Å². The number of nitrogen functional groups attached to an aromatic ring is 1. The van der Waals surface area contributed by atoms with Gasteiger partial charge in [-0.1, -0.05) is 18.2 Å². The van der Waals surface area contributed by atoms with E-state index in [0.29, 0.717) is 17.8 Å². The Labute approximate surface area is 110 Å². The van der Waals surface area contributed by atoms with E-state index >= 15 is 0 Å². The van der Waals surface area contributed by atoms with Crippen LogP contribution in [-0.4, -0.2) is 4.57 Å². The van der Waals surface area contributed by atoms with E-state index in [0.717, 1.165) is 16.6 Å². The lowest BCUT2D eigenvalue weighted by molar-refractivity contribution is 0.517. The van der Waals surface area contributed by atoms with E-state index < -0.39 is 0 Å². The van der Waals surface area contributed by atoms with E-state index in [1.165, 1.54) is 0 Å². The van der Waals surface area contributed by atoms with Crippen LogP contribution in [0.25, 0.3) is 11.1 Å². The summed E-state index contributed by atoms with van der Waals surface area (Å²) in [5.41, 5.74) is 9.91. The van der Waals surface area contributed by atoms with Crippen molar-refractivity contribution in [3.05, 3.63) is 64.1 Å². The molecule has 0 amide bonds. The number of benzene rings is 2. The van der Waals surface area contributed by atoms with Crippen molar-refractivity contribution in [1.29, 1.82) is 0 Å². The average molecular weight is 254 g/mol. The fourth-order valence-corrected chi connectivity index (χ4v) is 2.13. The van der Waals surface area contributed by atoms with Crippen molar-refractivity contribution in [2.75, 3.05) is 5.73 Å². The maximum atomic E-state index is 11.9. The first-order chi connectivity index (χ1) is 9.13. The molecule has 0 saturated carbocycles. The molecule has 3 rings (SSSR count). The first-order valence-corrected chi connectivity index (χ1v) is 6.08. The van der Waals surface area contributed by atoms with Gasteiger partial charge in [-0.3, -0.25) is 4.57 Å². The summed E-state index contributed by atoms with van der Waals surface area (Å²) >= 11 is 0. The van der Waals surface area contributed by atoms with Gasteiger partial charge < -0.3 is 10.2 Å². The van der Waals surface area contributed by atoms with E-state index in [9.17, 15) is 4.79 Å². The zero-order chi connectivity index (χ0) is 13.4. The summed E-state index contributed by atoms with van der Waals surface area (Å²) in [5.74, 6) is -0.336. The minimum Gasteiger partial charge on any atom is -0.408 e. The standard InChI is InChI=1S/C15H14N2O2/c1-10-2-7-14-13(8-10)17(15(18)19-14)9-11-3-5-12(16)6-4-11/h2-8H,9,16H2,1H3. The molecule has 0 aliphatic carbocycles. The molecule has 4 nitrogen and oxygen atoms in total. The lowest BCUT2D eigenvalue weighted by Crippen LogP contribution is -2.14. The lowest BCUT2D eigenvalue weighted by atomic mass is 10.2. The third kappa shape index (κ3) is 2.12. The number of aryl methyl sites for hydroxylation is 1. The van der Waals surface area contributed by atoms with Crippen LogP contribution < -0.4 is 11.5 Å². The van der Waals surface area contributed by atoms with Gasteiger partial charge in [0.05, 0.1) is 12.1 Å². The van der Waals surface area contributed by atoms with Crippen LogP contribution >= 0.6 is 0 Å². The second-order valence-corrected chi connectivity index (χ2v) is 4.67. The summed E-state index contributed by atoms with van der Waals surface area (Å²) in [5, 5.41) is 0. The summed E-state index contributed by atoms with van der Waals surface area (Å²) < 4.78 is 6.87. The Balaban J connectivity index is 2.09. The molecule has 2 N–H and O–H groups in total. The summed E-state index contributed by atoms with van der Waals surface area (Å²) in [4.78, 5) is 11.9. The van der Waals surface area contributed by atoms with Gasteiger partial charge in [0.2, 0.25) is 0 Å². The Morgan fingerprint density at radius 2 is 1.89 bits per heavy atom. The summed E-state index contributed by atoms with van der Waals surface area (Å²) in [6, 6.07) is 13.2. The van der Waals surface area contributed by atoms with Crippen molar-refractivity contribution in [2.45, 2.75) is 13.5 Å². The number of hydrogen-bond donors (Lipinski definition) is 1. The van der Waals surface area contributed by atoms with Crippen molar-refractivity contribution < 1.29 is 4.42 Å². The van der Waals surface area contributed by atoms with Crippen molar-refractivity contribution in [1.82, 2.24) is 4.57 Å². The second-order valence-electron chi connectivity index (χ2n) is 4.67. The Kier molecular flexibility index (Phi) is 2.63. The third-order valence-electron chi connectivity index (χ3n) is 3.14. The SMILES string of the molecule is Cc1ccc2oc(=O)n(Cc3ccc(N)cc3)c2c1. The smallest absolute Gasteiger partial charge is 0.408 e. The van der Waals surface area contributed by atoms with E-state index in [1.54, 1.807) is 4.57 Å².